The summed E-state index contributed by atoms with van der Waals surface area (Å²) in [6.45, 7) is 4.75. The number of aryl methyl sites for hydroxylation is 2. The summed E-state index contributed by atoms with van der Waals surface area (Å²) in [7, 11) is 0. The van der Waals surface area contributed by atoms with E-state index in [2.05, 4.69) is 5.10 Å². The zero-order valence-corrected chi connectivity index (χ0v) is 9.37. The third-order valence-electron chi connectivity index (χ3n) is 2.57. The summed E-state index contributed by atoms with van der Waals surface area (Å²) in [5.74, 6) is -0.318. The second-order valence-corrected chi connectivity index (χ2v) is 3.72. The predicted octanol–water partition coefficient (Wildman–Crippen LogP) is 2.60. The van der Waals surface area contributed by atoms with Crippen molar-refractivity contribution in [3.8, 4) is 11.1 Å². The first-order valence-corrected chi connectivity index (χ1v) is 5.21. The normalized spacial score (nSPS) is 10.7. The Kier molecular flexibility index (Phi) is 2.64. The van der Waals surface area contributed by atoms with Gasteiger partial charge in [0.05, 0.1) is 5.69 Å². The number of nitrogens with two attached hydrogens (primary N) is 1. The quantitative estimate of drug-likeness (QED) is 0.789. The first-order chi connectivity index (χ1) is 7.61. The Morgan fingerprint density at radius 3 is 2.69 bits per heavy atom. The van der Waals surface area contributed by atoms with Gasteiger partial charge in [-0.1, -0.05) is 0 Å². The van der Waals surface area contributed by atoms with Gasteiger partial charge in [0.25, 0.3) is 0 Å². The number of hydrogen-bond acceptors (Lipinski definition) is 2. The Hall–Kier alpha value is -1.84. The molecule has 2 rings (SSSR count). The summed E-state index contributed by atoms with van der Waals surface area (Å²) < 4.78 is 14.8. The maximum Gasteiger partial charge on any atom is 0.125 e. The van der Waals surface area contributed by atoms with Gasteiger partial charge in [-0.25, -0.2) is 4.39 Å². The molecule has 2 N–H and O–H groups in total. The van der Waals surface area contributed by atoms with Crippen molar-refractivity contribution in [2.75, 3.05) is 5.73 Å². The van der Waals surface area contributed by atoms with Crippen LogP contribution in [-0.2, 0) is 6.54 Å². The highest BCUT2D eigenvalue weighted by atomic mass is 19.1. The van der Waals surface area contributed by atoms with Gasteiger partial charge in [-0.2, -0.15) is 5.10 Å². The molecule has 0 bridgehead atoms. The van der Waals surface area contributed by atoms with Crippen molar-refractivity contribution >= 4 is 5.69 Å². The summed E-state index contributed by atoms with van der Waals surface area (Å²) in [5.41, 5.74) is 8.93. The third-order valence-corrected chi connectivity index (χ3v) is 2.57. The molecular formula is C12H14FN3. The highest BCUT2D eigenvalue weighted by Gasteiger charge is 2.10. The van der Waals surface area contributed by atoms with Crippen LogP contribution in [0.2, 0.25) is 0 Å². The molecule has 1 aromatic carbocycles. The van der Waals surface area contributed by atoms with E-state index in [-0.39, 0.29) is 5.82 Å². The van der Waals surface area contributed by atoms with Crippen LogP contribution in [0.5, 0.6) is 0 Å². The Labute approximate surface area is 93.7 Å². The van der Waals surface area contributed by atoms with Crippen molar-refractivity contribution in [1.82, 2.24) is 9.78 Å². The lowest BCUT2D eigenvalue weighted by atomic mass is 10.1. The number of rotatable bonds is 2. The highest BCUT2D eigenvalue weighted by molar-refractivity contribution is 5.77. The van der Waals surface area contributed by atoms with E-state index in [1.807, 2.05) is 24.7 Å². The Morgan fingerprint density at radius 2 is 2.12 bits per heavy atom. The first-order valence-electron chi connectivity index (χ1n) is 5.21. The van der Waals surface area contributed by atoms with Gasteiger partial charge in [-0.05, 0) is 32.0 Å². The molecule has 1 aromatic heterocycles. The van der Waals surface area contributed by atoms with Gasteiger partial charge in [0, 0.05) is 29.6 Å². The van der Waals surface area contributed by atoms with Crippen LogP contribution >= 0.6 is 0 Å². The average Bonchev–Trinajstić information content (AvgIpc) is 2.60. The molecule has 0 fully saturated rings. The smallest absolute Gasteiger partial charge is 0.125 e. The molecular weight excluding hydrogens is 205 g/mol. The van der Waals surface area contributed by atoms with Gasteiger partial charge in [0.1, 0.15) is 5.82 Å². The SMILES string of the molecule is CCn1cc(-c2ccc(F)cc2N)c(C)n1. The number of hydrogen-bond donors (Lipinski definition) is 1. The molecule has 0 saturated carbocycles. The summed E-state index contributed by atoms with van der Waals surface area (Å²) in [5, 5.41) is 4.34. The molecule has 0 amide bonds. The van der Waals surface area contributed by atoms with E-state index in [4.69, 9.17) is 5.73 Å². The number of nitrogen functional groups attached to an aromatic ring is 1. The number of aromatic nitrogens is 2. The molecule has 0 aliphatic rings. The molecule has 0 unspecified atom stereocenters. The van der Waals surface area contributed by atoms with E-state index < -0.39 is 0 Å². The van der Waals surface area contributed by atoms with Gasteiger partial charge in [0.2, 0.25) is 0 Å². The summed E-state index contributed by atoms with van der Waals surface area (Å²) >= 11 is 0. The number of benzene rings is 1. The van der Waals surface area contributed by atoms with Gasteiger partial charge in [-0.3, -0.25) is 4.68 Å². The molecule has 0 aliphatic heterocycles. The highest BCUT2D eigenvalue weighted by Crippen LogP contribution is 2.28. The van der Waals surface area contributed by atoms with E-state index >= 15 is 0 Å². The molecule has 0 radical (unpaired) electrons. The van der Waals surface area contributed by atoms with Crippen LogP contribution in [0.3, 0.4) is 0 Å². The minimum absolute atomic E-state index is 0.318. The topological polar surface area (TPSA) is 43.8 Å². The lowest BCUT2D eigenvalue weighted by Gasteiger charge is -2.03. The minimum atomic E-state index is -0.318. The van der Waals surface area contributed by atoms with Crippen LogP contribution < -0.4 is 5.73 Å². The van der Waals surface area contributed by atoms with Crippen LogP contribution in [0.1, 0.15) is 12.6 Å². The van der Waals surface area contributed by atoms with Crippen molar-refractivity contribution in [2.45, 2.75) is 20.4 Å². The lowest BCUT2D eigenvalue weighted by Crippen LogP contribution is -1.93. The molecule has 3 nitrogen and oxygen atoms in total. The molecule has 1 heterocycles. The fourth-order valence-corrected chi connectivity index (χ4v) is 1.72. The Balaban J connectivity index is 2.53. The van der Waals surface area contributed by atoms with Gasteiger partial charge in [0.15, 0.2) is 0 Å². The second-order valence-electron chi connectivity index (χ2n) is 3.72. The molecule has 16 heavy (non-hydrogen) atoms. The lowest BCUT2D eigenvalue weighted by molar-refractivity contribution is 0.628. The van der Waals surface area contributed by atoms with Crippen LogP contribution in [0.25, 0.3) is 11.1 Å². The summed E-state index contributed by atoms with van der Waals surface area (Å²) in [6, 6.07) is 4.43. The number of anilines is 1. The van der Waals surface area contributed by atoms with Crippen molar-refractivity contribution in [1.29, 1.82) is 0 Å². The first kappa shape index (κ1) is 10.7. The molecule has 0 atom stereocenters. The minimum Gasteiger partial charge on any atom is -0.398 e. The molecule has 84 valence electrons. The van der Waals surface area contributed by atoms with Crippen molar-refractivity contribution < 1.29 is 4.39 Å². The maximum absolute atomic E-state index is 12.9. The summed E-state index contributed by atoms with van der Waals surface area (Å²) in [4.78, 5) is 0. The van der Waals surface area contributed by atoms with Crippen molar-refractivity contribution in [3.63, 3.8) is 0 Å². The summed E-state index contributed by atoms with van der Waals surface area (Å²) in [6.07, 6.45) is 1.93. The molecule has 0 saturated heterocycles. The van der Waals surface area contributed by atoms with E-state index in [1.165, 1.54) is 12.1 Å². The van der Waals surface area contributed by atoms with Crippen LogP contribution in [0.4, 0.5) is 10.1 Å². The van der Waals surface area contributed by atoms with Crippen LogP contribution in [-0.4, -0.2) is 9.78 Å². The van der Waals surface area contributed by atoms with E-state index in [9.17, 15) is 4.39 Å². The van der Waals surface area contributed by atoms with Crippen LogP contribution in [0.15, 0.2) is 24.4 Å². The van der Waals surface area contributed by atoms with Crippen molar-refractivity contribution in [3.05, 3.63) is 35.9 Å². The zero-order chi connectivity index (χ0) is 11.7. The largest absolute Gasteiger partial charge is 0.398 e. The molecule has 2 aromatic rings. The van der Waals surface area contributed by atoms with Crippen molar-refractivity contribution in [2.24, 2.45) is 0 Å². The number of nitrogens with zero attached hydrogens (tertiary/aromatic N) is 2. The van der Waals surface area contributed by atoms with Gasteiger partial charge >= 0.3 is 0 Å². The fraction of sp³-hybridized carbons (Fsp3) is 0.250. The van der Waals surface area contributed by atoms with E-state index in [0.29, 0.717) is 5.69 Å². The maximum atomic E-state index is 12.9. The molecule has 0 aliphatic carbocycles. The monoisotopic (exact) mass is 219 g/mol. The third kappa shape index (κ3) is 1.78. The van der Waals surface area contributed by atoms with Gasteiger partial charge < -0.3 is 5.73 Å². The van der Waals surface area contributed by atoms with Gasteiger partial charge in [-0.15, -0.1) is 0 Å². The second kappa shape index (κ2) is 3.96. The number of halogens is 1. The zero-order valence-electron chi connectivity index (χ0n) is 9.37. The predicted molar refractivity (Wildman–Crippen MR) is 62.4 cm³/mol. The van der Waals surface area contributed by atoms with Crippen LogP contribution in [0, 0.1) is 12.7 Å². The Bertz CT molecular complexity index is 517. The average molecular weight is 219 g/mol. The molecule has 4 heteroatoms. The standard InChI is InChI=1S/C12H14FN3/c1-3-16-7-11(8(2)15-16)10-5-4-9(13)6-12(10)14/h4-7H,3,14H2,1-2H3. The molecule has 0 spiro atoms. The van der Waals surface area contributed by atoms with E-state index in [1.54, 1.807) is 6.07 Å². The Morgan fingerprint density at radius 1 is 1.38 bits per heavy atom. The van der Waals surface area contributed by atoms with E-state index in [0.717, 1.165) is 23.4 Å². The fourth-order valence-electron chi connectivity index (χ4n) is 1.72.